The summed E-state index contributed by atoms with van der Waals surface area (Å²) < 4.78 is 3.38. The monoisotopic (exact) mass is 305 g/mol. The van der Waals surface area contributed by atoms with Crippen molar-refractivity contribution in [2.24, 2.45) is 5.92 Å². The van der Waals surface area contributed by atoms with Crippen molar-refractivity contribution in [2.45, 2.75) is 26.9 Å². The highest BCUT2D eigenvalue weighted by Gasteiger charge is 2.14. The SMILES string of the molecule is Cc1nn2cc(CNC(=O)[C@H](C)Cn3cncn3)nc2s1. The Labute approximate surface area is 124 Å². The maximum Gasteiger partial charge on any atom is 0.225 e. The van der Waals surface area contributed by atoms with Gasteiger partial charge in [-0.15, -0.1) is 0 Å². The highest BCUT2D eigenvalue weighted by atomic mass is 32.1. The van der Waals surface area contributed by atoms with Gasteiger partial charge in [0.05, 0.1) is 30.9 Å². The summed E-state index contributed by atoms with van der Waals surface area (Å²) in [5.74, 6) is -0.221. The Morgan fingerprint density at radius 3 is 3.10 bits per heavy atom. The number of aromatic nitrogens is 6. The summed E-state index contributed by atoms with van der Waals surface area (Å²) in [4.78, 5) is 21.1. The van der Waals surface area contributed by atoms with Crippen LogP contribution in [0.4, 0.5) is 0 Å². The molecule has 3 aromatic rings. The Balaban J connectivity index is 1.56. The van der Waals surface area contributed by atoms with E-state index in [0.29, 0.717) is 13.1 Å². The number of nitrogens with zero attached hydrogens (tertiary/aromatic N) is 6. The first-order valence-electron chi connectivity index (χ1n) is 6.53. The fourth-order valence-electron chi connectivity index (χ4n) is 1.97. The van der Waals surface area contributed by atoms with Crippen LogP contribution in [0.3, 0.4) is 0 Å². The van der Waals surface area contributed by atoms with E-state index in [1.54, 1.807) is 15.5 Å². The lowest BCUT2D eigenvalue weighted by Gasteiger charge is -2.10. The Kier molecular flexibility index (Phi) is 3.65. The Morgan fingerprint density at radius 2 is 2.38 bits per heavy atom. The third-order valence-corrected chi connectivity index (χ3v) is 3.85. The average Bonchev–Trinajstić information content (AvgIpc) is 3.12. The number of carbonyl (C=O) groups excluding carboxylic acids is 1. The van der Waals surface area contributed by atoms with Gasteiger partial charge < -0.3 is 5.32 Å². The number of hydrogen-bond donors (Lipinski definition) is 1. The number of fused-ring (bicyclic) bond motifs is 1. The van der Waals surface area contributed by atoms with Crippen molar-refractivity contribution in [3.63, 3.8) is 0 Å². The van der Waals surface area contributed by atoms with E-state index in [4.69, 9.17) is 0 Å². The molecule has 0 radical (unpaired) electrons. The van der Waals surface area contributed by atoms with Crippen molar-refractivity contribution in [3.8, 4) is 0 Å². The van der Waals surface area contributed by atoms with Crippen LogP contribution in [-0.2, 0) is 17.9 Å². The third-order valence-electron chi connectivity index (χ3n) is 3.01. The zero-order valence-electron chi connectivity index (χ0n) is 11.7. The van der Waals surface area contributed by atoms with Crippen LogP contribution in [0.2, 0.25) is 0 Å². The number of amides is 1. The van der Waals surface area contributed by atoms with Gasteiger partial charge >= 0.3 is 0 Å². The molecule has 0 aliphatic rings. The van der Waals surface area contributed by atoms with Crippen molar-refractivity contribution in [2.75, 3.05) is 0 Å². The molecule has 0 unspecified atom stereocenters. The second kappa shape index (κ2) is 5.60. The minimum atomic E-state index is -0.184. The summed E-state index contributed by atoms with van der Waals surface area (Å²) in [5, 5.41) is 12.1. The molecule has 3 heterocycles. The van der Waals surface area contributed by atoms with Gasteiger partial charge in [-0.25, -0.2) is 14.5 Å². The quantitative estimate of drug-likeness (QED) is 0.747. The number of nitrogens with one attached hydrogen (secondary N) is 1. The fourth-order valence-corrected chi connectivity index (χ4v) is 2.72. The van der Waals surface area contributed by atoms with E-state index >= 15 is 0 Å². The predicted octanol–water partition coefficient (Wildman–Crippen LogP) is 0.643. The Bertz CT molecular complexity index is 713. The molecule has 0 aliphatic carbocycles. The highest BCUT2D eigenvalue weighted by Crippen LogP contribution is 2.13. The summed E-state index contributed by atoms with van der Waals surface area (Å²) in [7, 11) is 0. The van der Waals surface area contributed by atoms with Crippen LogP contribution < -0.4 is 5.32 Å². The van der Waals surface area contributed by atoms with Gasteiger partial charge in [0.1, 0.15) is 17.7 Å². The van der Waals surface area contributed by atoms with Gasteiger partial charge in [0.2, 0.25) is 10.9 Å². The molecule has 1 N–H and O–H groups in total. The molecule has 0 fully saturated rings. The minimum absolute atomic E-state index is 0.0361. The molecule has 0 aromatic carbocycles. The highest BCUT2D eigenvalue weighted by molar-refractivity contribution is 7.16. The molecule has 0 aliphatic heterocycles. The lowest BCUT2D eigenvalue weighted by molar-refractivity contribution is -0.125. The van der Waals surface area contributed by atoms with Gasteiger partial charge in [0.15, 0.2) is 0 Å². The van der Waals surface area contributed by atoms with Crippen molar-refractivity contribution in [1.29, 1.82) is 0 Å². The number of rotatable bonds is 5. The van der Waals surface area contributed by atoms with Gasteiger partial charge in [-0.2, -0.15) is 10.2 Å². The molecule has 8 nitrogen and oxygen atoms in total. The van der Waals surface area contributed by atoms with E-state index in [-0.39, 0.29) is 11.8 Å². The van der Waals surface area contributed by atoms with Crippen LogP contribution in [0, 0.1) is 12.8 Å². The molecule has 0 bridgehead atoms. The minimum Gasteiger partial charge on any atom is -0.350 e. The molecule has 110 valence electrons. The average molecular weight is 305 g/mol. The predicted molar refractivity (Wildman–Crippen MR) is 76.6 cm³/mol. The van der Waals surface area contributed by atoms with Crippen LogP contribution in [0.25, 0.3) is 4.96 Å². The van der Waals surface area contributed by atoms with Crippen molar-refractivity contribution >= 4 is 22.2 Å². The zero-order chi connectivity index (χ0) is 14.8. The number of hydrogen-bond acceptors (Lipinski definition) is 6. The van der Waals surface area contributed by atoms with E-state index < -0.39 is 0 Å². The lowest BCUT2D eigenvalue weighted by Crippen LogP contribution is -2.31. The van der Waals surface area contributed by atoms with Crippen molar-refractivity contribution < 1.29 is 4.79 Å². The van der Waals surface area contributed by atoms with Gasteiger partial charge in [-0.05, 0) is 6.92 Å². The largest absolute Gasteiger partial charge is 0.350 e. The van der Waals surface area contributed by atoms with Crippen LogP contribution >= 0.6 is 11.3 Å². The normalized spacial score (nSPS) is 12.7. The van der Waals surface area contributed by atoms with E-state index in [9.17, 15) is 4.79 Å². The van der Waals surface area contributed by atoms with E-state index in [1.165, 1.54) is 17.7 Å². The number of aryl methyl sites for hydroxylation is 1. The zero-order valence-corrected chi connectivity index (χ0v) is 12.5. The Hall–Kier alpha value is -2.29. The molecule has 1 amide bonds. The standard InChI is InChI=1S/C12H15N7OS/c1-8(4-18-7-13-6-15-18)11(20)14-3-10-5-19-12(16-10)21-9(2)17-19/h5-8H,3-4H2,1-2H3,(H,14,20)/t8-/m1/s1. The second-order valence-electron chi connectivity index (χ2n) is 4.82. The molecular weight excluding hydrogens is 290 g/mol. The van der Waals surface area contributed by atoms with E-state index in [1.807, 2.05) is 20.0 Å². The topological polar surface area (TPSA) is 90.0 Å². The molecular formula is C12H15N7OS. The fraction of sp³-hybridized carbons (Fsp3) is 0.417. The first-order valence-corrected chi connectivity index (χ1v) is 7.35. The molecule has 1 atom stereocenters. The van der Waals surface area contributed by atoms with Crippen molar-refractivity contribution in [1.82, 2.24) is 34.7 Å². The van der Waals surface area contributed by atoms with Crippen LogP contribution in [0.15, 0.2) is 18.9 Å². The summed E-state index contributed by atoms with van der Waals surface area (Å²) in [6, 6.07) is 0. The number of carbonyl (C=O) groups is 1. The molecule has 0 saturated heterocycles. The first-order chi connectivity index (χ1) is 10.1. The summed E-state index contributed by atoms with van der Waals surface area (Å²) in [6.07, 6.45) is 4.89. The second-order valence-corrected chi connectivity index (χ2v) is 5.98. The van der Waals surface area contributed by atoms with Gasteiger partial charge in [-0.3, -0.25) is 9.48 Å². The maximum absolute atomic E-state index is 12.0. The summed E-state index contributed by atoms with van der Waals surface area (Å²) >= 11 is 1.53. The maximum atomic E-state index is 12.0. The molecule has 3 rings (SSSR count). The van der Waals surface area contributed by atoms with E-state index in [2.05, 4.69) is 25.5 Å². The van der Waals surface area contributed by atoms with Gasteiger partial charge in [0.25, 0.3) is 0 Å². The van der Waals surface area contributed by atoms with Crippen LogP contribution in [0.5, 0.6) is 0 Å². The van der Waals surface area contributed by atoms with Gasteiger partial charge in [0, 0.05) is 0 Å². The molecule has 0 spiro atoms. The van der Waals surface area contributed by atoms with E-state index in [0.717, 1.165) is 15.7 Å². The van der Waals surface area contributed by atoms with Crippen LogP contribution in [-0.4, -0.2) is 35.3 Å². The molecule has 9 heteroatoms. The number of imidazole rings is 1. The third kappa shape index (κ3) is 3.07. The lowest BCUT2D eigenvalue weighted by atomic mass is 10.1. The van der Waals surface area contributed by atoms with Crippen molar-refractivity contribution in [3.05, 3.63) is 29.6 Å². The molecule has 21 heavy (non-hydrogen) atoms. The van der Waals surface area contributed by atoms with Gasteiger partial charge in [-0.1, -0.05) is 18.3 Å². The summed E-state index contributed by atoms with van der Waals surface area (Å²) in [6.45, 7) is 4.70. The summed E-state index contributed by atoms with van der Waals surface area (Å²) in [5.41, 5.74) is 0.801. The smallest absolute Gasteiger partial charge is 0.225 e. The molecule has 3 aromatic heterocycles. The van der Waals surface area contributed by atoms with Crippen LogP contribution in [0.1, 0.15) is 17.6 Å². The molecule has 0 saturated carbocycles. The first kappa shape index (κ1) is 13.7. The Morgan fingerprint density at radius 1 is 1.52 bits per heavy atom.